The summed E-state index contributed by atoms with van der Waals surface area (Å²) in [5.41, 5.74) is 4.61. The van der Waals surface area contributed by atoms with Gasteiger partial charge in [0.25, 0.3) is 0 Å². The Hall–Kier alpha value is -3.65. The number of hydrogen-bond donors (Lipinski definition) is 0. The Labute approximate surface area is 216 Å². The Balaban J connectivity index is 1.68. The van der Waals surface area contributed by atoms with Gasteiger partial charge >= 0.3 is 12.6 Å². The number of hydrogen-bond acceptors (Lipinski definition) is 4. The van der Waals surface area contributed by atoms with Crippen LogP contribution in [0.2, 0.25) is 0 Å². The Bertz CT molecular complexity index is 1370. The van der Waals surface area contributed by atoms with E-state index in [2.05, 4.69) is 20.7 Å². The maximum atomic E-state index is 12.6. The van der Waals surface area contributed by atoms with Crippen LogP contribution < -0.4 is 9.47 Å². The molecule has 36 heavy (non-hydrogen) atoms. The molecule has 8 heteroatoms. The van der Waals surface area contributed by atoms with E-state index < -0.39 is 6.61 Å². The number of nitrogens with zero attached hydrogens (tertiary/aromatic N) is 1. The molecule has 4 aromatic rings. The van der Waals surface area contributed by atoms with Crippen molar-refractivity contribution in [3.05, 3.63) is 100 Å². The van der Waals surface area contributed by atoms with Crippen molar-refractivity contribution >= 4 is 21.9 Å². The summed E-state index contributed by atoms with van der Waals surface area (Å²) in [6.45, 7) is 1.32. The van der Waals surface area contributed by atoms with Crippen LogP contribution in [-0.2, 0) is 11.3 Å². The normalized spacial score (nSPS) is 10.9. The Morgan fingerprint density at radius 2 is 1.81 bits per heavy atom. The molecule has 0 saturated carbocycles. The molecule has 5 nitrogen and oxygen atoms in total. The van der Waals surface area contributed by atoms with Crippen molar-refractivity contribution in [2.75, 3.05) is 6.61 Å². The monoisotopic (exact) mass is 555 g/mol. The smallest absolute Gasteiger partial charge is 0.387 e. The van der Waals surface area contributed by atoms with Crippen molar-refractivity contribution in [1.82, 2.24) is 4.57 Å². The van der Waals surface area contributed by atoms with E-state index in [4.69, 9.17) is 9.47 Å². The molecule has 0 atom stereocenters. The van der Waals surface area contributed by atoms with Crippen molar-refractivity contribution in [3.8, 4) is 28.4 Å². The number of halogens is 3. The van der Waals surface area contributed by atoms with Crippen LogP contribution in [0.5, 0.6) is 11.5 Å². The van der Waals surface area contributed by atoms with Crippen LogP contribution >= 0.6 is 15.9 Å². The highest BCUT2D eigenvalue weighted by atomic mass is 79.9. The summed E-state index contributed by atoms with van der Waals surface area (Å²) in [5.74, 6) is 0.308. The second-order valence-electron chi connectivity index (χ2n) is 7.92. The van der Waals surface area contributed by atoms with Gasteiger partial charge in [-0.15, -0.1) is 0 Å². The number of alkyl halides is 2. The molecule has 0 aliphatic heterocycles. The fourth-order valence-electron chi connectivity index (χ4n) is 3.88. The average molecular weight is 556 g/mol. The molecule has 0 aliphatic rings. The quantitative estimate of drug-likeness (QED) is 0.200. The van der Waals surface area contributed by atoms with Gasteiger partial charge in [0.15, 0.2) is 0 Å². The summed E-state index contributed by atoms with van der Waals surface area (Å²) < 4.78 is 43.9. The third kappa shape index (κ3) is 5.94. The molecule has 186 valence electrons. The zero-order valence-corrected chi connectivity index (χ0v) is 21.3. The van der Waals surface area contributed by atoms with E-state index in [-0.39, 0.29) is 18.3 Å². The summed E-state index contributed by atoms with van der Waals surface area (Å²) in [7, 11) is 0. The number of benzene rings is 3. The second kappa shape index (κ2) is 11.4. The third-order valence-electron chi connectivity index (χ3n) is 5.43. The van der Waals surface area contributed by atoms with E-state index in [0.29, 0.717) is 23.5 Å². The second-order valence-corrected chi connectivity index (χ2v) is 8.84. The van der Waals surface area contributed by atoms with E-state index in [1.165, 1.54) is 12.1 Å². The molecule has 0 aliphatic carbocycles. The minimum absolute atomic E-state index is 0.0770. The summed E-state index contributed by atoms with van der Waals surface area (Å²) in [6, 6.07) is 23.3. The standard InChI is InChI=1S/C28H24BrF2NO4/c1-3-34-27(33)20-7-5-8-22(15-20)32-18(2)10-12-25(32)24-16-21(29)11-13-26(24)35-17-19-6-4-9-23(14-19)36-28(30)31/h4-16,28H,3,17H2,1-2H3. The first-order valence-corrected chi connectivity index (χ1v) is 12.1. The Kier molecular flexibility index (Phi) is 8.05. The maximum Gasteiger partial charge on any atom is 0.387 e. The van der Waals surface area contributed by atoms with Gasteiger partial charge in [-0.25, -0.2) is 4.79 Å². The van der Waals surface area contributed by atoms with Crippen molar-refractivity contribution < 1.29 is 27.8 Å². The van der Waals surface area contributed by atoms with Crippen LogP contribution in [0.25, 0.3) is 16.9 Å². The lowest BCUT2D eigenvalue weighted by Crippen LogP contribution is -2.07. The molecule has 4 rings (SSSR count). The molecular weight excluding hydrogens is 532 g/mol. The number of carbonyl (C=O) groups is 1. The first kappa shape index (κ1) is 25.4. The van der Waals surface area contributed by atoms with Gasteiger partial charge in [0.2, 0.25) is 0 Å². The van der Waals surface area contributed by atoms with E-state index in [0.717, 1.165) is 27.1 Å². The lowest BCUT2D eigenvalue weighted by atomic mass is 10.1. The van der Waals surface area contributed by atoms with Crippen molar-refractivity contribution in [2.45, 2.75) is 27.1 Å². The van der Waals surface area contributed by atoms with Crippen LogP contribution in [0.1, 0.15) is 28.5 Å². The zero-order chi connectivity index (χ0) is 25.7. The van der Waals surface area contributed by atoms with Gasteiger partial charge in [-0.3, -0.25) is 0 Å². The largest absolute Gasteiger partial charge is 0.488 e. The molecular formula is C28H24BrF2NO4. The van der Waals surface area contributed by atoms with Gasteiger partial charge in [-0.1, -0.05) is 34.1 Å². The summed E-state index contributed by atoms with van der Waals surface area (Å²) in [6.07, 6.45) is 0. The number of esters is 1. The van der Waals surface area contributed by atoms with E-state index in [1.807, 2.05) is 54.0 Å². The predicted molar refractivity (Wildman–Crippen MR) is 137 cm³/mol. The van der Waals surface area contributed by atoms with E-state index >= 15 is 0 Å². The Morgan fingerprint density at radius 1 is 1.00 bits per heavy atom. The number of aryl methyl sites for hydroxylation is 1. The minimum Gasteiger partial charge on any atom is -0.488 e. The molecule has 0 N–H and O–H groups in total. The summed E-state index contributed by atoms with van der Waals surface area (Å²) in [4.78, 5) is 12.3. The van der Waals surface area contributed by atoms with Gasteiger partial charge in [0.1, 0.15) is 18.1 Å². The molecule has 0 amide bonds. The lowest BCUT2D eigenvalue weighted by Gasteiger charge is -2.17. The summed E-state index contributed by atoms with van der Waals surface area (Å²) >= 11 is 3.54. The first-order chi connectivity index (χ1) is 17.4. The van der Waals surface area contributed by atoms with Gasteiger partial charge in [0.05, 0.1) is 17.9 Å². The molecule has 0 bridgehead atoms. The number of aromatic nitrogens is 1. The van der Waals surface area contributed by atoms with Gasteiger partial charge in [-0.2, -0.15) is 8.78 Å². The molecule has 0 fully saturated rings. The molecule has 1 aromatic heterocycles. The highest BCUT2D eigenvalue weighted by Crippen LogP contribution is 2.36. The SMILES string of the molecule is CCOC(=O)c1cccc(-n2c(C)ccc2-c2cc(Br)ccc2OCc2cccc(OC(F)F)c2)c1. The van der Waals surface area contributed by atoms with Gasteiger partial charge < -0.3 is 18.8 Å². The topological polar surface area (TPSA) is 49.7 Å². The van der Waals surface area contributed by atoms with Gasteiger partial charge in [0, 0.05) is 21.4 Å². The molecule has 1 heterocycles. The predicted octanol–water partition coefficient (Wildman–Crippen LogP) is 7.57. The molecule has 0 saturated heterocycles. The van der Waals surface area contributed by atoms with Gasteiger partial charge in [-0.05, 0) is 80.1 Å². The van der Waals surface area contributed by atoms with E-state index in [1.54, 1.807) is 31.2 Å². The number of carbonyl (C=O) groups excluding carboxylic acids is 1. The van der Waals surface area contributed by atoms with Crippen molar-refractivity contribution in [1.29, 1.82) is 0 Å². The fourth-order valence-corrected chi connectivity index (χ4v) is 4.24. The highest BCUT2D eigenvalue weighted by Gasteiger charge is 2.17. The molecule has 0 radical (unpaired) electrons. The zero-order valence-electron chi connectivity index (χ0n) is 19.7. The maximum absolute atomic E-state index is 12.6. The Morgan fingerprint density at radius 3 is 2.58 bits per heavy atom. The summed E-state index contributed by atoms with van der Waals surface area (Å²) in [5, 5.41) is 0. The average Bonchev–Trinajstić information content (AvgIpc) is 3.24. The van der Waals surface area contributed by atoms with Crippen LogP contribution in [0, 0.1) is 6.92 Å². The van der Waals surface area contributed by atoms with E-state index in [9.17, 15) is 13.6 Å². The van der Waals surface area contributed by atoms with Crippen molar-refractivity contribution in [3.63, 3.8) is 0 Å². The molecule has 0 unspecified atom stereocenters. The van der Waals surface area contributed by atoms with Crippen molar-refractivity contribution in [2.24, 2.45) is 0 Å². The molecule has 0 spiro atoms. The fraction of sp³-hybridized carbons (Fsp3) is 0.179. The van der Waals surface area contributed by atoms with Crippen LogP contribution in [0.15, 0.2) is 83.3 Å². The number of rotatable bonds is 9. The van der Waals surface area contributed by atoms with Crippen LogP contribution in [0.3, 0.4) is 0 Å². The first-order valence-electron chi connectivity index (χ1n) is 11.3. The lowest BCUT2D eigenvalue weighted by molar-refractivity contribution is -0.0499. The third-order valence-corrected chi connectivity index (χ3v) is 5.92. The molecule has 3 aromatic carbocycles. The van der Waals surface area contributed by atoms with Crippen LogP contribution in [0.4, 0.5) is 8.78 Å². The number of ether oxygens (including phenoxy) is 3. The minimum atomic E-state index is -2.89. The van der Waals surface area contributed by atoms with Crippen LogP contribution in [-0.4, -0.2) is 23.8 Å². The highest BCUT2D eigenvalue weighted by molar-refractivity contribution is 9.10.